The molecule has 0 aliphatic carbocycles. The first-order valence-corrected chi connectivity index (χ1v) is 8.97. The fourth-order valence-corrected chi connectivity index (χ4v) is 3.15. The van der Waals surface area contributed by atoms with Gasteiger partial charge in [0.1, 0.15) is 12.1 Å². The van der Waals surface area contributed by atoms with Gasteiger partial charge in [-0.25, -0.2) is 4.79 Å². The van der Waals surface area contributed by atoms with Crippen molar-refractivity contribution in [1.82, 2.24) is 5.32 Å². The van der Waals surface area contributed by atoms with Crippen LogP contribution in [0, 0.1) is 0 Å². The van der Waals surface area contributed by atoms with Crippen molar-refractivity contribution in [1.29, 1.82) is 0 Å². The smallest absolute Gasteiger partial charge is 0.329 e. The topological polar surface area (TPSA) is 64.6 Å². The molecule has 7 heteroatoms. The molecule has 3 rings (SSSR count). The van der Waals surface area contributed by atoms with Gasteiger partial charge in [0.05, 0.1) is 15.8 Å². The Labute approximate surface area is 155 Å². The average Bonchev–Trinajstić information content (AvgIpc) is 3.30. The van der Waals surface area contributed by atoms with E-state index in [4.69, 9.17) is 21.1 Å². The van der Waals surface area contributed by atoms with Gasteiger partial charge in [-0.2, -0.15) is 0 Å². The Bertz CT molecular complexity index is 683. The zero-order valence-corrected chi connectivity index (χ0v) is 15.4. The van der Waals surface area contributed by atoms with Crippen molar-refractivity contribution in [2.75, 3.05) is 20.3 Å². The van der Waals surface area contributed by atoms with Crippen molar-refractivity contribution in [3.63, 3.8) is 0 Å². The van der Waals surface area contributed by atoms with Crippen molar-refractivity contribution in [3.05, 3.63) is 57.2 Å². The van der Waals surface area contributed by atoms with E-state index in [0.29, 0.717) is 35.5 Å². The van der Waals surface area contributed by atoms with Crippen LogP contribution < -0.4 is 5.32 Å². The number of carbonyl (C=O) groups excluding carboxylic acids is 2. The molecule has 1 aromatic heterocycles. The molecular weight excluding hydrogens is 362 g/mol. The Kier molecular flexibility index (Phi) is 7.58. The lowest BCUT2D eigenvalue weighted by Crippen LogP contribution is -2.51. The number of hydrogen-bond acceptors (Lipinski definition) is 6. The van der Waals surface area contributed by atoms with Gasteiger partial charge >= 0.3 is 5.97 Å². The Hall–Kier alpha value is -1.73. The van der Waals surface area contributed by atoms with E-state index in [2.05, 4.69) is 5.32 Å². The third-order valence-electron chi connectivity index (χ3n) is 3.81. The Morgan fingerprint density at radius 2 is 2.12 bits per heavy atom. The summed E-state index contributed by atoms with van der Waals surface area (Å²) in [5.74, 6) is -0.235. The van der Waals surface area contributed by atoms with Gasteiger partial charge in [0, 0.05) is 13.0 Å². The summed E-state index contributed by atoms with van der Waals surface area (Å²) in [4.78, 5) is 22.7. The molecule has 1 fully saturated rings. The van der Waals surface area contributed by atoms with Gasteiger partial charge in [-0.3, -0.25) is 4.79 Å². The van der Waals surface area contributed by atoms with Crippen LogP contribution in [-0.2, 0) is 20.9 Å². The van der Waals surface area contributed by atoms with Gasteiger partial charge in [-0.15, -0.1) is 11.3 Å². The molecule has 134 valence electrons. The number of rotatable bonds is 5. The molecule has 1 saturated heterocycles. The summed E-state index contributed by atoms with van der Waals surface area (Å²) in [6, 6.07) is 13.1. The summed E-state index contributed by atoms with van der Waals surface area (Å²) < 4.78 is 11.2. The SMILES string of the molecule is CNC1(C(=O)OCc2ccccc2)CCOC1.O=Cc1ccc(Cl)s1. The van der Waals surface area contributed by atoms with Crippen molar-refractivity contribution in [2.45, 2.75) is 18.6 Å². The number of esters is 1. The van der Waals surface area contributed by atoms with Crippen molar-refractivity contribution < 1.29 is 19.1 Å². The molecular formula is C18H20ClNO4S. The normalized spacial score (nSPS) is 19.0. The second kappa shape index (κ2) is 9.68. The fourth-order valence-electron chi connectivity index (χ4n) is 2.28. The number of thiophene rings is 1. The van der Waals surface area contributed by atoms with E-state index < -0.39 is 5.54 Å². The number of ether oxygens (including phenoxy) is 2. The fraction of sp³-hybridized carbons (Fsp3) is 0.333. The van der Waals surface area contributed by atoms with Gasteiger partial charge in [-0.1, -0.05) is 41.9 Å². The minimum atomic E-state index is -0.658. The highest BCUT2D eigenvalue weighted by molar-refractivity contribution is 7.17. The largest absolute Gasteiger partial charge is 0.459 e. The number of aldehydes is 1. The molecule has 0 amide bonds. The van der Waals surface area contributed by atoms with E-state index in [9.17, 15) is 9.59 Å². The summed E-state index contributed by atoms with van der Waals surface area (Å²) >= 11 is 6.78. The van der Waals surface area contributed by atoms with Gasteiger partial charge < -0.3 is 14.8 Å². The Morgan fingerprint density at radius 3 is 2.60 bits per heavy atom. The standard InChI is InChI=1S/C13H17NO3.C5H3ClOS/c1-14-13(7-8-16-10-13)12(15)17-9-11-5-3-2-4-6-11;6-5-2-1-4(3-7)8-5/h2-6,14H,7-10H2,1H3;1-3H. The van der Waals surface area contributed by atoms with E-state index in [1.807, 2.05) is 30.3 Å². The van der Waals surface area contributed by atoms with E-state index in [-0.39, 0.29) is 5.97 Å². The summed E-state index contributed by atoms with van der Waals surface area (Å²) in [6.45, 7) is 1.29. The van der Waals surface area contributed by atoms with Gasteiger partial charge in [-0.05, 0) is 24.7 Å². The van der Waals surface area contributed by atoms with Crippen LogP contribution in [0.15, 0.2) is 42.5 Å². The molecule has 2 heterocycles. The second-order valence-corrected chi connectivity index (χ2v) is 7.20. The molecule has 0 spiro atoms. The minimum absolute atomic E-state index is 0.235. The average molecular weight is 382 g/mol. The lowest BCUT2D eigenvalue weighted by Gasteiger charge is -2.24. The Balaban J connectivity index is 0.000000236. The molecule has 1 unspecified atom stereocenters. The van der Waals surface area contributed by atoms with Crippen LogP contribution >= 0.6 is 22.9 Å². The lowest BCUT2D eigenvalue weighted by atomic mass is 9.99. The predicted molar refractivity (Wildman–Crippen MR) is 98.2 cm³/mol. The van der Waals surface area contributed by atoms with Crippen LogP contribution in [0.25, 0.3) is 0 Å². The van der Waals surface area contributed by atoms with Crippen LogP contribution in [0.3, 0.4) is 0 Å². The molecule has 25 heavy (non-hydrogen) atoms. The van der Waals surface area contributed by atoms with Crippen LogP contribution in [-0.4, -0.2) is 38.1 Å². The van der Waals surface area contributed by atoms with E-state index >= 15 is 0 Å². The monoisotopic (exact) mass is 381 g/mol. The third kappa shape index (κ3) is 5.64. The molecule has 2 aromatic rings. The quantitative estimate of drug-likeness (QED) is 0.635. The first kappa shape index (κ1) is 19.6. The minimum Gasteiger partial charge on any atom is -0.459 e. The molecule has 1 aromatic carbocycles. The summed E-state index contributed by atoms with van der Waals surface area (Å²) in [7, 11) is 1.76. The maximum Gasteiger partial charge on any atom is 0.329 e. The number of benzene rings is 1. The zero-order chi connectivity index (χ0) is 18.1. The van der Waals surface area contributed by atoms with Crippen molar-refractivity contribution in [2.24, 2.45) is 0 Å². The van der Waals surface area contributed by atoms with Gasteiger partial charge in [0.25, 0.3) is 0 Å². The molecule has 1 atom stereocenters. The van der Waals surface area contributed by atoms with Crippen LogP contribution in [0.4, 0.5) is 0 Å². The lowest BCUT2D eigenvalue weighted by molar-refractivity contribution is -0.152. The second-order valence-electron chi connectivity index (χ2n) is 5.46. The molecule has 1 aliphatic rings. The predicted octanol–water partition coefficient (Wildman–Crippen LogP) is 3.32. The third-order valence-corrected chi connectivity index (χ3v) is 4.97. The van der Waals surface area contributed by atoms with Gasteiger partial charge in [0.15, 0.2) is 6.29 Å². The molecule has 5 nitrogen and oxygen atoms in total. The summed E-state index contributed by atoms with van der Waals surface area (Å²) in [5, 5.41) is 3.01. The number of hydrogen-bond donors (Lipinski definition) is 1. The van der Waals surface area contributed by atoms with E-state index in [1.54, 1.807) is 19.2 Å². The van der Waals surface area contributed by atoms with Crippen LogP contribution in [0.2, 0.25) is 4.34 Å². The first-order valence-electron chi connectivity index (χ1n) is 7.78. The van der Waals surface area contributed by atoms with E-state index in [1.165, 1.54) is 11.3 Å². The highest BCUT2D eigenvalue weighted by Gasteiger charge is 2.42. The Morgan fingerprint density at radius 1 is 1.36 bits per heavy atom. The molecule has 0 saturated carbocycles. The first-order chi connectivity index (χ1) is 12.1. The zero-order valence-electron chi connectivity index (χ0n) is 13.9. The highest BCUT2D eigenvalue weighted by Crippen LogP contribution is 2.20. The highest BCUT2D eigenvalue weighted by atomic mass is 35.5. The molecule has 0 bridgehead atoms. The van der Waals surface area contributed by atoms with Crippen molar-refractivity contribution in [3.8, 4) is 0 Å². The number of nitrogens with one attached hydrogen (secondary N) is 1. The maximum absolute atomic E-state index is 12.0. The van der Waals surface area contributed by atoms with Crippen LogP contribution in [0.5, 0.6) is 0 Å². The molecule has 1 aliphatic heterocycles. The van der Waals surface area contributed by atoms with Gasteiger partial charge in [0.2, 0.25) is 0 Å². The number of carbonyl (C=O) groups is 2. The van der Waals surface area contributed by atoms with Crippen LogP contribution in [0.1, 0.15) is 21.7 Å². The summed E-state index contributed by atoms with van der Waals surface area (Å²) in [5.41, 5.74) is 0.334. The maximum atomic E-state index is 12.0. The summed E-state index contributed by atoms with van der Waals surface area (Å²) in [6.07, 6.45) is 1.45. The van der Waals surface area contributed by atoms with Crippen molar-refractivity contribution >= 4 is 35.2 Å². The number of halogens is 1. The molecule has 1 N–H and O–H groups in total. The number of likely N-dealkylation sites (N-methyl/N-ethyl adjacent to an activating group) is 1. The van der Waals surface area contributed by atoms with E-state index in [0.717, 1.165) is 11.8 Å². The molecule has 0 radical (unpaired) electrons.